The van der Waals surface area contributed by atoms with Crippen molar-refractivity contribution in [2.45, 2.75) is 38.8 Å². The summed E-state index contributed by atoms with van der Waals surface area (Å²) in [5.41, 5.74) is 1.10. The van der Waals surface area contributed by atoms with E-state index in [9.17, 15) is 4.39 Å². The molecule has 0 amide bonds. The van der Waals surface area contributed by atoms with E-state index in [4.69, 9.17) is 5.26 Å². The minimum atomic E-state index is -0.206. The van der Waals surface area contributed by atoms with E-state index in [1.54, 1.807) is 12.1 Å². The number of halogens is 1. The van der Waals surface area contributed by atoms with Gasteiger partial charge in [-0.1, -0.05) is 12.1 Å². The Kier molecular flexibility index (Phi) is 4.94. The molecule has 86 valence electrons. The third-order valence-electron chi connectivity index (χ3n) is 2.42. The topological polar surface area (TPSA) is 35.8 Å². The Hall–Kier alpha value is -1.40. The first-order valence-electron chi connectivity index (χ1n) is 5.49. The molecule has 0 aromatic heterocycles. The predicted octanol–water partition coefficient (Wildman–Crippen LogP) is 2.65. The van der Waals surface area contributed by atoms with Crippen molar-refractivity contribution in [1.29, 1.82) is 5.26 Å². The minimum absolute atomic E-state index is 0.195. The van der Waals surface area contributed by atoms with Gasteiger partial charge >= 0.3 is 0 Å². The fraction of sp³-hybridized carbons (Fsp3) is 0.462. The molecule has 1 aromatic carbocycles. The minimum Gasteiger partial charge on any atom is -0.310 e. The van der Waals surface area contributed by atoms with E-state index in [2.05, 4.69) is 18.3 Å². The van der Waals surface area contributed by atoms with Crippen molar-refractivity contribution >= 4 is 0 Å². The quantitative estimate of drug-likeness (QED) is 0.828. The standard InChI is InChI=1S/C13H17FN2/c1-10(7-8-15)16-11(2)9-12-3-5-13(14)6-4-12/h3-6,10-11,16H,7,9H2,1-2H3. The third kappa shape index (κ3) is 4.41. The zero-order valence-electron chi connectivity index (χ0n) is 9.70. The average Bonchev–Trinajstić information content (AvgIpc) is 2.21. The number of hydrogen-bond acceptors (Lipinski definition) is 2. The van der Waals surface area contributed by atoms with Crippen LogP contribution in [0, 0.1) is 17.1 Å². The van der Waals surface area contributed by atoms with Crippen molar-refractivity contribution < 1.29 is 4.39 Å². The second-order valence-corrected chi connectivity index (χ2v) is 4.16. The summed E-state index contributed by atoms with van der Waals surface area (Å²) in [6.07, 6.45) is 1.35. The van der Waals surface area contributed by atoms with Crippen molar-refractivity contribution in [2.75, 3.05) is 0 Å². The van der Waals surface area contributed by atoms with Gasteiger partial charge < -0.3 is 5.32 Å². The van der Waals surface area contributed by atoms with E-state index in [-0.39, 0.29) is 17.9 Å². The summed E-state index contributed by atoms with van der Waals surface area (Å²) < 4.78 is 12.7. The van der Waals surface area contributed by atoms with Crippen LogP contribution >= 0.6 is 0 Å². The lowest BCUT2D eigenvalue weighted by Gasteiger charge is -2.18. The monoisotopic (exact) mass is 220 g/mol. The van der Waals surface area contributed by atoms with Crippen molar-refractivity contribution in [3.05, 3.63) is 35.6 Å². The first-order valence-corrected chi connectivity index (χ1v) is 5.49. The van der Waals surface area contributed by atoms with Crippen LogP contribution < -0.4 is 5.32 Å². The molecule has 1 N–H and O–H groups in total. The molecule has 16 heavy (non-hydrogen) atoms. The lowest BCUT2D eigenvalue weighted by Crippen LogP contribution is -2.35. The van der Waals surface area contributed by atoms with Crippen LogP contribution in [-0.4, -0.2) is 12.1 Å². The van der Waals surface area contributed by atoms with E-state index < -0.39 is 0 Å². The summed E-state index contributed by atoms with van der Waals surface area (Å²) in [5, 5.41) is 11.9. The Labute approximate surface area is 96.1 Å². The molecule has 1 aromatic rings. The SMILES string of the molecule is CC(CC#N)NC(C)Cc1ccc(F)cc1. The molecule has 2 nitrogen and oxygen atoms in total. The third-order valence-corrected chi connectivity index (χ3v) is 2.42. The normalized spacial score (nSPS) is 14.1. The van der Waals surface area contributed by atoms with E-state index in [0.29, 0.717) is 6.42 Å². The fourth-order valence-corrected chi connectivity index (χ4v) is 1.71. The first-order chi connectivity index (χ1) is 7.61. The highest BCUT2D eigenvalue weighted by Crippen LogP contribution is 2.06. The fourth-order valence-electron chi connectivity index (χ4n) is 1.71. The molecule has 3 heteroatoms. The molecule has 1 rings (SSSR count). The number of nitriles is 1. The summed E-state index contributed by atoms with van der Waals surface area (Å²) in [4.78, 5) is 0. The molecular formula is C13H17FN2. The Morgan fingerprint density at radius 1 is 1.25 bits per heavy atom. The van der Waals surface area contributed by atoms with Crippen molar-refractivity contribution in [2.24, 2.45) is 0 Å². The van der Waals surface area contributed by atoms with Crippen molar-refractivity contribution in [3.63, 3.8) is 0 Å². The molecule has 0 saturated heterocycles. The smallest absolute Gasteiger partial charge is 0.123 e. The predicted molar refractivity (Wildman–Crippen MR) is 62.4 cm³/mol. The van der Waals surface area contributed by atoms with Gasteiger partial charge in [0.2, 0.25) is 0 Å². The Balaban J connectivity index is 2.42. The molecule has 0 heterocycles. The van der Waals surface area contributed by atoms with Crippen LogP contribution in [0.3, 0.4) is 0 Å². The Morgan fingerprint density at radius 2 is 1.88 bits per heavy atom. The van der Waals surface area contributed by atoms with Crippen LogP contribution in [0.25, 0.3) is 0 Å². The second-order valence-electron chi connectivity index (χ2n) is 4.16. The lowest BCUT2D eigenvalue weighted by atomic mass is 10.1. The Morgan fingerprint density at radius 3 is 2.44 bits per heavy atom. The summed E-state index contributed by atoms with van der Waals surface area (Å²) in [6, 6.07) is 9.15. The van der Waals surface area contributed by atoms with Gasteiger partial charge in [0.1, 0.15) is 5.82 Å². The van der Waals surface area contributed by atoms with Crippen LogP contribution in [0.15, 0.2) is 24.3 Å². The number of nitrogens with zero attached hydrogens (tertiary/aromatic N) is 1. The molecular weight excluding hydrogens is 203 g/mol. The molecule has 0 spiro atoms. The average molecular weight is 220 g/mol. The number of rotatable bonds is 5. The van der Waals surface area contributed by atoms with Gasteiger partial charge in [-0.15, -0.1) is 0 Å². The van der Waals surface area contributed by atoms with E-state index >= 15 is 0 Å². The maximum atomic E-state index is 12.7. The van der Waals surface area contributed by atoms with Gasteiger partial charge in [-0.2, -0.15) is 5.26 Å². The van der Waals surface area contributed by atoms with Crippen molar-refractivity contribution in [1.82, 2.24) is 5.32 Å². The highest BCUT2D eigenvalue weighted by molar-refractivity contribution is 5.17. The molecule has 0 aliphatic rings. The molecule has 2 atom stereocenters. The molecule has 0 bridgehead atoms. The Bertz CT molecular complexity index is 353. The second kappa shape index (κ2) is 6.24. The van der Waals surface area contributed by atoms with E-state index in [0.717, 1.165) is 12.0 Å². The molecule has 0 aliphatic carbocycles. The zero-order valence-corrected chi connectivity index (χ0v) is 9.70. The van der Waals surface area contributed by atoms with Crippen LogP contribution in [0.1, 0.15) is 25.8 Å². The summed E-state index contributed by atoms with van der Waals surface area (Å²) in [6.45, 7) is 4.06. The van der Waals surface area contributed by atoms with Gasteiger partial charge in [0.05, 0.1) is 12.5 Å². The van der Waals surface area contributed by atoms with Crippen LogP contribution in [0.2, 0.25) is 0 Å². The number of nitrogens with one attached hydrogen (secondary N) is 1. The molecule has 0 radical (unpaired) electrons. The van der Waals surface area contributed by atoms with E-state index in [1.807, 2.05) is 6.92 Å². The molecule has 2 unspecified atom stereocenters. The molecule has 0 saturated carbocycles. The van der Waals surface area contributed by atoms with Crippen LogP contribution in [-0.2, 0) is 6.42 Å². The highest BCUT2D eigenvalue weighted by atomic mass is 19.1. The van der Waals surface area contributed by atoms with Gasteiger partial charge in [-0.05, 0) is 38.0 Å². The number of benzene rings is 1. The lowest BCUT2D eigenvalue weighted by molar-refractivity contribution is 0.469. The number of hydrogen-bond donors (Lipinski definition) is 1. The van der Waals surface area contributed by atoms with Gasteiger partial charge in [0.25, 0.3) is 0 Å². The maximum absolute atomic E-state index is 12.7. The molecule has 0 fully saturated rings. The van der Waals surface area contributed by atoms with E-state index in [1.165, 1.54) is 12.1 Å². The van der Waals surface area contributed by atoms with Crippen LogP contribution in [0.5, 0.6) is 0 Å². The highest BCUT2D eigenvalue weighted by Gasteiger charge is 2.07. The summed E-state index contributed by atoms with van der Waals surface area (Å²) >= 11 is 0. The van der Waals surface area contributed by atoms with Gasteiger partial charge in [0.15, 0.2) is 0 Å². The summed E-state index contributed by atoms with van der Waals surface area (Å²) in [5.74, 6) is -0.206. The first kappa shape index (κ1) is 12.7. The van der Waals surface area contributed by atoms with Gasteiger partial charge in [-0.3, -0.25) is 0 Å². The van der Waals surface area contributed by atoms with Crippen LogP contribution in [0.4, 0.5) is 4.39 Å². The zero-order chi connectivity index (χ0) is 12.0. The summed E-state index contributed by atoms with van der Waals surface area (Å²) in [7, 11) is 0. The van der Waals surface area contributed by atoms with Gasteiger partial charge in [0, 0.05) is 12.1 Å². The van der Waals surface area contributed by atoms with Gasteiger partial charge in [-0.25, -0.2) is 4.39 Å². The van der Waals surface area contributed by atoms with Crippen molar-refractivity contribution in [3.8, 4) is 6.07 Å². The maximum Gasteiger partial charge on any atom is 0.123 e. The largest absolute Gasteiger partial charge is 0.310 e. The molecule has 0 aliphatic heterocycles.